The van der Waals surface area contributed by atoms with Gasteiger partial charge >= 0.3 is 6.09 Å². The quantitative estimate of drug-likeness (QED) is 0.672. The number of phenolic OH excluding ortho intramolecular Hbond substituents is 1. The highest BCUT2D eigenvalue weighted by molar-refractivity contribution is 5.68. The van der Waals surface area contributed by atoms with Crippen molar-refractivity contribution in [3.05, 3.63) is 23.8 Å². The Kier molecular flexibility index (Phi) is 7.16. The second-order valence-electron chi connectivity index (χ2n) is 6.52. The van der Waals surface area contributed by atoms with E-state index in [0.717, 1.165) is 18.5 Å². The third kappa shape index (κ3) is 7.74. The number of carbonyl (C=O) groups is 1. The van der Waals surface area contributed by atoms with Crippen LogP contribution in [-0.4, -0.2) is 36.5 Å². The maximum atomic E-state index is 11.6. The van der Waals surface area contributed by atoms with Gasteiger partial charge in [0.1, 0.15) is 5.60 Å². The van der Waals surface area contributed by atoms with Gasteiger partial charge in [-0.15, -0.1) is 0 Å². The minimum atomic E-state index is -0.486. The van der Waals surface area contributed by atoms with Crippen molar-refractivity contribution < 1.29 is 19.4 Å². The van der Waals surface area contributed by atoms with E-state index in [9.17, 15) is 9.90 Å². The fourth-order valence-corrected chi connectivity index (χ4v) is 1.96. The summed E-state index contributed by atoms with van der Waals surface area (Å²) in [7, 11) is 1.52. The van der Waals surface area contributed by atoms with Gasteiger partial charge in [-0.1, -0.05) is 6.07 Å². The molecule has 1 aromatic rings. The minimum Gasteiger partial charge on any atom is -0.504 e. The molecular formula is C17H28N2O4. The monoisotopic (exact) mass is 324 g/mol. The Labute approximate surface area is 138 Å². The number of methoxy groups -OCH3 is 1. The molecule has 1 aromatic carbocycles. The lowest BCUT2D eigenvalue weighted by Gasteiger charge is -2.22. The predicted octanol–water partition coefficient (Wildman–Crippen LogP) is 2.79. The summed E-state index contributed by atoms with van der Waals surface area (Å²) in [5, 5.41) is 15.6. The number of aromatic hydroxyl groups is 1. The minimum absolute atomic E-state index is 0.0201. The molecule has 3 N–H and O–H groups in total. The van der Waals surface area contributed by atoms with Crippen LogP contribution in [-0.2, 0) is 11.3 Å². The van der Waals surface area contributed by atoms with Gasteiger partial charge in [0.25, 0.3) is 0 Å². The highest BCUT2D eigenvalue weighted by Gasteiger charge is 2.17. The van der Waals surface area contributed by atoms with E-state index in [1.165, 1.54) is 7.11 Å². The van der Waals surface area contributed by atoms with Gasteiger partial charge in [0.05, 0.1) is 7.11 Å². The summed E-state index contributed by atoms with van der Waals surface area (Å²) in [6.07, 6.45) is 0.391. The largest absolute Gasteiger partial charge is 0.504 e. The number of ether oxygens (including phenoxy) is 2. The molecule has 0 heterocycles. The third-order valence-electron chi connectivity index (χ3n) is 3.09. The van der Waals surface area contributed by atoms with Crippen molar-refractivity contribution in [1.82, 2.24) is 10.6 Å². The van der Waals surface area contributed by atoms with Gasteiger partial charge in [-0.25, -0.2) is 4.79 Å². The Bertz CT molecular complexity index is 512. The number of hydrogen-bond acceptors (Lipinski definition) is 5. The zero-order chi connectivity index (χ0) is 17.5. The van der Waals surface area contributed by atoms with E-state index in [0.29, 0.717) is 12.3 Å². The summed E-state index contributed by atoms with van der Waals surface area (Å²) >= 11 is 0. The summed E-state index contributed by atoms with van der Waals surface area (Å²) in [4.78, 5) is 11.6. The standard InChI is InChI=1S/C17H28N2O4/c1-12(19-16(21)23-17(2,3)4)8-9-18-11-13-6-7-14(20)15(10-13)22-5/h6-7,10,12,18,20H,8-9,11H2,1-5H3,(H,19,21). The number of phenols is 1. The molecule has 0 bridgehead atoms. The van der Waals surface area contributed by atoms with Crippen LogP contribution in [0.5, 0.6) is 11.5 Å². The molecule has 6 nitrogen and oxygen atoms in total. The average molecular weight is 324 g/mol. The normalized spacial score (nSPS) is 12.6. The average Bonchev–Trinajstić information content (AvgIpc) is 2.43. The second-order valence-corrected chi connectivity index (χ2v) is 6.52. The maximum Gasteiger partial charge on any atom is 0.407 e. The van der Waals surface area contributed by atoms with Gasteiger partial charge in [0.2, 0.25) is 0 Å². The maximum absolute atomic E-state index is 11.6. The zero-order valence-electron chi connectivity index (χ0n) is 14.6. The Morgan fingerprint density at radius 1 is 1.35 bits per heavy atom. The molecular weight excluding hydrogens is 296 g/mol. The van der Waals surface area contributed by atoms with Crippen molar-refractivity contribution >= 4 is 6.09 Å². The van der Waals surface area contributed by atoms with Crippen LogP contribution in [0.2, 0.25) is 0 Å². The van der Waals surface area contributed by atoms with Gasteiger partial charge in [-0.2, -0.15) is 0 Å². The van der Waals surface area contributed by atoms with E-state index in [-0.39, 0.29) is 11.8 Å². The Morgan fingerprint density at radius 2 is 2.04 bits per heavy atom. The molecule has 1 amide bonds. The van der Waals surface area contributed by atoms with Crippen molar-refractivity contribution in [3.8, 4) is 11.5 Å². The Balaban J connectivity index is 2.28. The lowest BCUT2D eigenvalue weighted by molar-refractivity contribution is 0.0506. The number of hydrogen-bond donors (Lipinski definition) is 3. The van der Waals surface area contributed by atoms with Crippen molar-refractivity contribution in [2.45, 2.75) is 52.3 Å². The highest BCUT2D eigenvalue weighted by atomic mass is 16.6. The lowest BCUT2D eigenvalue weighted by atomic mass is 10.2. The molecule has 23 heavy (non-hydrogen) atoms. The fraction of sp³-hybridized carbons (Fsp3) is 0.588. The first-order valence-corrected chi connectivity index (χ1v) is 7.77. The van der Waals surface area contributed by atoms with Crippen LogP contribution in [0.25, 0.3) is 0 Å². The lowest BCUT2D eigenvalue weighted by Crippen LogP contribution is -2.38. The molecule has 0 aliphatic rings. The molecule has 6 heteroatoms. The number of rotatable bonds is 7. The van der Waals surface area contributed by atoms with Crippen LogP contribution in [0.1, 0.15) is 39.7 Å². The molecule has 1 atom stereocenters. The fourth-order valence-electron chi connectivity index (χ4n) is 1.96. The van der Waals surface area contributed by atoms with E-state index >= 15 is 0 Å². The summed E-state index contributed by atoms with van der Waals surface area (Å²) in [6, 6.07) is 5.27. The molecule has 0 aliphatic heterocycles. The number of nitrogens with one attached hydrogen (secondary N) is 2. The van der Waals surface area contributed by atoms with Crippen LogP contribution in [0.4, 0.5) is 4.79 Å². The first-order valence-electron chi connectivity index (χ1n) is 7.77. The smallest absolute Gasteiger partial charge is 0.407 e. The van der Waals surface area contributed by atoms with E-state index in [1.54, 1.807) is 12.1 Å². The van der Waals surface area contributed by atoms with Crippen molar-refractivity contribution in [2.75, 3.05) is 13.7 Å². The number of carbonyl (C=O) groups excluding carboxylic acids is 1. The first kappa shape index (κ1) is 19.1. The van der Waals surface area contributed by atoms with E-state index in [1.807, 2.05) is 33.8 Å². The van der Waals surface area contributed by atoms with Gasteiger partial charge in [-0.3, -0.25) is 0 Å². The van der Waals surface area contributed by atoms with Crippen molar-refractivity contribution in [3.63, 3.8) is 0 Å². The van der Waals surface area contributed by atoms with Crippen molar-refractivity contribution in [1.29, 1.82) is 0 Å². The Morgan fingerprint density at radius 3 is 2.65 bits per heavy atom. The van der Waals surface area contributed by atoms with Gasteiger partial charge < -0.3 is 25.2 Å². The van der Waals surface area contributed by atoms with E-state index in [4.69, 9.17) is 9.47 Å². The SMILES string of the molecule is COc1cc(CNCCC(C)NC(=O)OC(C)(C)C)ccc1O. The van der Waals surface area contributed by atoms with Crippen LogP contribution >= 0.6 is 0 Å². The van der Waals surface area contributed by atoms with Gasteiger partial charge in [-0.05, 0) is 58.4 Å². The number of benzene rings is 1. The molecule has 0 radical (unpaired) electrons. The molecule has 0 fully saturated rings. The van der Waals surface area contributed by atoms with Crippen molar-refractivity contribution in [2.24, 2.45) is 0 Å². The first-order chi connectivity index (χ1) is 10.7. The van der Waals surface area contributed by atoms with E-state index in [2.05, 4.69) is 10.6 Å². The molecule has 0 saturated heterocycles. The second kappa shape index (κ2) is 8.62. The summed E-state index contributed by atoms with van der Waals surface area (Å²) in [5.74, 6) is 0.593. The highest BCUT2D eigenvalue weighted by Crippen LogP contribution is 2.26. The van der Waals surface area contributed by atoms with E-state index < -0.39 is 11.7 Å². The van der Waals surface area contributed by atoms with Crippen LogP contribution in [0, 0.1) is 0 Å². The summed E-state index contributed by atoms with van der Waals surface area (Å²) < 4.78 is 10.3. The van der Waals surface area contributed by atoms with Crippen LogP contribution in [0.3, 0.4) is 0 Å². The third-order valence-corrected chi connectivity index (χ3v) is 3.09. The van der Waals surface area contributed by atoms with Crippen LogP contribution < -0.4 is 15.4 Å². The number of amides is 1. The van der Waals surface area contributed by atoms with Gasteiger partial charge in [0.15, 0.2) is 11.5 Å². The molecule has 130 valence electrons. The summed E-state index contributed by atoms with van der Waals surface area (Å²) in [6.45, 7) is 8.87. The zero-order valence-corrected chi connectivity index (χ0v) is 14.6. The molecule has 1 rings (SSSR count). The summed E-state index contributed by atoms with van der Waals surface area (Å²) in [5.41, 5.74) is 0.535. The molecule has 0 spiro atoms. The predicted molar refractivity (Wildman–Crippen MR) is 89.8 cm³/mol. The molecule has 0 aromatic heterocycles. The molecule has 0 aliphatic carbocycles. The Hall–Kier alpha value is -1.95. The topological polar surface area (TPSA) is 79.8 Å². The van der Waals surface area contributed by atoms with Gasteiger partial charge in [0, 0.05) is 12.6 Å². The molecule has 0 saturated carbocycles. The number of alkyl carbamates (subject to hydrolysis) is 1. The van der Waals surface area contributed by atoms with Crippen LogP contribution in [0.15, 0.2) is 18.2 Å². The molecule has 1 unspecified atom stereocenters.